The second kappa shape index (κ2) is 12.3. The van der Waals surface area contributed by atoms with Gasteiger partial charge in [0.15, 0.2) is 0 Å². The average Bonchev–Trinajstić information content (AvgIpc) is 3.18. The van der Waals surface area contributed by atoms with Crippen LogP contribution in [0.5, 0.6) is 0 Å². The zero-order valence-corrected chi connectivity index (χ0v) is 26.8. The summed E-state index contributed by atoms with van der Waals surface area (Å²) in [5.74, 6) is 0. The first-order valence-corrected chi connectivity index (χ1v) is 16.8. The Morgan fingerprint density at radius 1 is 0.490 bits per heavy atom. The summed E-state index contributed by atoms with van der Waals surface area (Å²) in [5.41, 5.74) is 12.1. The molecule has 1 atom stereocenters. The Morgan fingerprint density at radius 3 is 2.00 bits per heavy atom. The maximum Gasteiger partial charge on any atom is 0.0947 e. The number of aliphatic imine (C=N–C) groups is 1. The fourth-order valence-corrected chi connectivity index (χ4v) is 7.10. The molecule has 3 heteroatoms. The van der Waals surface area contributed by atoms with Crippen LogP contribution >= 0.6 is 0 Å². The monoisotopic (exact) mass is 627 g/mol. The number of para-hydroxylation sites is 2. The molecule has 0 fully saturated rings. The molecule has 0 aromatic heterocycles. The van der Waals surface area contributed by atoms with Crippen molar-refractivity contribution in [1.82, 2.24) is 0 Å². The highest BCUT2D eigenvalue weighted by Gasteiger charge is 2.26. The Hall–Kier alpha value is -6.45. The van der Waals surface area contributed by atoms with E-state index in [-0.39, 0.29) is 6.04 Å². The SMILES string of the molecule is c1ccc(-c2ccc(C3Nc4ccccc4N=C3c3cccc(Nc4ccc5ccccc5c4-c4cccc5ccccc45)c3)cc2)cc1. The van der Waals surface area contributed by atoms with E-state index >= 15 is 0 Å². The topological polar surface area (TPSA) is 36.4 Å². The van der Waals surface area contributed by atoms with Crippen LogP contribution in [0.2, 0.25) is 0 Å². The van der Waals surface area contributed by atoms with Gasteiger partial charge >= 0.3 is 0 Å². The molecule has 2 N–H and O–H groups in total. The van der Waals surface area contributed by atoms with Gasteiger partial charge in [0.1, 0.15) is 0 Å². The third-order valence-electron chi connectivity index (χ3n) is 9.49. The average molecular weight is 628 g/mol. The van der Waals surface area contributed by atoms with Gasteiger partial charge in [-0.15, -0.1) is 0 Å². The molecule has 0 aliphatic carbocycles. The standard InChI is InChI=1S/C46H33N3/c1-2-12-31(13-3-1)32-24-26-35(27-25-32)45-46(49-42-23-9-8-22-41(42)48-45)36-17-10-18-37(30-36)47-43-29-28-34-15-5-7-20-39(34)44(43)40-21-11-16-33-14-4-6-19-38(33)40/h1-30,45,47-48H. The zero-order chi connectivity index (χ0) is 32.6. The van der Waals surface area contributed by atoms with Gasteiger partial charge < -0.3 is 10.6 Å². The quantitative estimate of drug-likeness (QED) is 0.192. The minimum atomic E-state index is -0.109. The van der Waals surface area contributed by atoms with E-state index in [0.717, 1.165) is 34.0 Å². The minimum absolute atomic E-state index is 0.109. The Balaban J connectivity index is 1.13. The molecule has 0 amide bonds. The number of hydrogen-bond donors (Lipinski definition) is 2. The van der Waals surface area contributed by atoms with Gasteiger partial charge in [-0.25, -0.2) is 4.99 Å². The summed E-state index contributed by atoms with van der Waals surface area (Å²) in [6.07, 6.45) is 0. The molecule has 1 heterocycles. The molecule has 8 aromatic rings. The second-order valence-corrected chi connectivity index (χ2v) is 12.5. The molecule has 0 saturated heterocycles. The summed E-state index contributed by atoms with van der Waals surface area (Å²) in [5, 5.41) is 12.5. The maximum atomic E-state index is 5.27. The van der Waals surface area contributed by atoms with Gasteiger partial charge in [-0.05, 0) is 74.1 Å². The highest BCUT2D eigenvalue weighted by atomic mass is 15.0. The summed E-state index contributed by atoms with van der Waals surface area (Å²) in [6.45, 7) is 0. The van der Waals surface area contributed by atoms with Crippen molar-refractivity contribution in [2.24, 2.45) is 4.99 Å². The third kappa shape index (κ3) is 5.42. The van der Waals surface area contributed by atoms with Crippen molar-refractivity contribution in [3.05, 3.63) is 193 Å². The number of nitrogens with one attached hydrogen (secondary N) is 2. The van der Waals surface area contributed by atoms with Gasteiger partial charge in [0.05, 0.1) is 23.1 Å². The van der Waals surface area contributed by atoms with Crippen LogP contribution in [0.4, 0.5) is 22.7 Å². The molecule has 0 bridgehead atoms. The van der Waals surface area contributed by atoms with Crippen molar-refractivity contribution in [3.63, 3.8) is 0 Å². The number of hydrogen-bond acceptors (Lipinski definition) is 3. The lowest BCUT2D eigenvalue weighted by Crippen LogP contribution is -2.25. The molecule has 1 aliphatic rings. The summed E-state index contributed by atoms with van der Waals surface area (Å²) in [6, 6.07) is 64.4. The van der Waals surface area contributed by atoms with E-state index in [1.807, 2.05) is 6.07 Å². The Bertz CT molecular complexity index is 2490. The first-order valence-electron chi connectivity index (χ1n) is 16.8. The highest BCUT2D eigenvalue weighted by Crippen LogP contribution is 2.41. The predicted octanol–water partition coefficient (Wildman–Crippen LogP) is 12.4. The number of benzene rings is 8. The van der Waals surface area contributed by atoms with Crippen LogP contribution in [0.15, 0.2) is 187 Å². The first kappa shape index (κ1) is 28.7. The van der Waals surface area contributed by atoms with Crippen LogP contribution in [0, 0.1) is 0 Å². The van der Waals surface area contributed by atoms with E-state index in [4.69, 9.17) is 4.99 Å². The number of nitrogens with zero attached hydrogens (tertiary/aromatic N) is 1. The van der Waals surface area contributed by atoms with Crippen LogP contribution < -0.4 is 10.6 Å². The lowest BCUT2D eigenvalue weighted by molar-refractivity contribution is 1.01. The molecular formula is C46H33N3. The highest BCUT2D eigenvalue weighted by molar-refractivity contribution is 6.12. The summed E-state index contributed by atoms with van der Waals surface area (Å²) in [7, 11) is 0. The second-order valence-electron chi connectivity index (χ2n) is 12.5. The van der Waals surface area contributed by atoms with E-state index in [2.05, 4.69) is 187 Å². The van der Waals surface area contributed by atoms with E-state index in [1.54, 1.807) is 0 Å². The van der Waals surface area contributed by atoms with Crippen molar-refractivity contribution in [2.45, 2.75) is 6.04 Å². The zero-order valence-electron chi connectivity index (χ0n) is 26.8. The number of fused-ring (bicyclic) bond motifs is 3. The van der Waals surface area contributed by atoms with Gasteiger partial charge in [-0.2, -0.15) is 0 Å². The van der Waals surface area contributed by atoms with E-state index < -0.39 is 0 Å². The van der Waals surface area contributed by atoms with Gasteiger partial charge in [0.2, 0.25) is 0 Å². The molecule has 232 valence electrons. The molecule has 3 nitrogen and oxygen atoms in total. The van der Waals surface area contributed by atoms with E-state index in [9.17, 15) is 0 Å². The Kier molecular flexibility index (Phi) is 7.21. The van der Waals surface area contributed by atoms with Gasteiger partial charge in [0, 0.05) is 22.5 Å². The van der Waals surface area contributed by atoms with Gasteiger partial charge in [-0.1, -0.05) is 152 Å². The Labute approximate surface area is 286 Å². The summed E-state index contributed by atoms with van der Waals surface area (Å²) < 4.78 is 0. The van der Waals surface area contributed by atoms with E-state index in [1.165, 1.54) is 49.4 Å². The van der Waals surface area contributed by atoms with Crippen molar-refractivity contribution in [2.75, 3.05) is 10.6 Å². The molecular weight excluding hydrogens is 595 g/mol. The Morgan fingerprint density at radius 2 is 1.14 bits per heavy atom. The molecule has 1 aliphatic heterocycles. The summed E-state index contributed by atoms with van der Waals surface area (Å²) >= 11 is 0. The number of anilines is 3. The fourth-order valence-electron chi connectivity index (χ4n) is 7.10. The molecule has 8 aromatic carbocycles. The van der Waals surface area contributed by atoms with Crippen molar-refractivity contribution < 1.29 is 0 Å². The first-order chi connectivity index (χ1) is 24.3. The van der Waals surface area contributed by atoms with Crippen LogP contribution in [0.25, 0.3) is 43.8 Å². The minimum Gasteiger partial charge on any atom is -0.371 e. The van der Waals surface area contributed by atoms with Crippen molar-refractivity contribution in [3.8, 4) is 22.3 Å². The molecule has 9 rings (SSSR count). The summed E-state index contributed by atoms with van der Waals surface area (Å²) in [4.78, 5) is 5.27. The van der Waals surface area contributed by atoms with Gasteiger partial charge in [0.25, 0.3) is 0 Å². The molecule has 1 unspecified atom stereocenters. The molecule has 0 saturated carbocycles. The molecule has 0 radical (unpaired) electrons. The number of rotatable bonds is 6. The third-order valence-corrected chi connectivity index (χ3v) is 9.49. The van der Waals surface area contributed by atoms with Crippen molar-refractivity contribution >= 4 is 50.0 Å². The molecule has 0 spiro atoms. The van der Waals surface area contributed by atoms with E-state index in [0.29, 0.717) is 0 Å². The van der Waals surface area contributed by atoms with Crippen LogP contribution in [-0.2, 0) is 0 Å². The van der Waals surface area contributed by atoms with Crippen LogP contribution in [0.1, 0.15) is 17.2 Å². The lowest BCUT2D eigenvalue weighted by atomic mass is 9.92. The van der Waals surface area contributed by atoms with Crippen LogP contribution in [-0.4, -0.2) is 5.71 Å². The van der Waals surface area contributed by atoms with Crippen molar-refractivity contribution in [1.29, 1.82) is 0 Å². The fraction of sp³-hybridized carbons (Fsp3) is 0.0217. The molecule has 49 heavy (non-hydrogen) atoms. The predicted molar refractivity (Wildman–Crippen MR) is 207 cm³/mol. The van der Waals surface area contributed by atoms with Gasteiger partial charge in [-0.3, -0.25) is 0 Å². The smallest absolute Gasteiger partial charge is 0.0947 e. The lowest BCUT2D eigenvalue weighted by Gasteiger charge is -2.28. The van der Waals surface area contributed by atoms with Crippen LogP contribution in [0.3, 0.4) is 0 Å². The maximum absolute atomic E-state index is 5.27. The largest absolute Gasteiger partial charge is 0.371 e. The normalized spacial score (nSPS) is 13.8.